The molecule has 0 spiro atoms. The van der Waals surface area contributed by atoms with E-state index in [9.17, 15) is 9.59 Å². The normalized spacial score (nSPS) is 39.5. The van der Waals surface area contributed by atoms with Gasteiger partial charge in [-0.2, -0.15) is 0 Å². The van der Waals surface area contributed by atoms with Gasteiger partial charge in [-0.3, -0.25) is 9.59 Å². The second-order valence-electron chi connectivity index (χ2n) is 6.82. The van der Waals surface area contributed by atoms with E-state index in [1.165, 1.54) is 27.1 Å². The highest BCUT2D eigenvalue weighted by Crippen LogP contribution is 2.44. The maximum atomic E-state index is 11.1. The van der Waals surface area contributed by atoms with Crippen LogP contribution in [0.1, 0.15) is 25.7 Å². The standard InChI is InChI=1S/2C9H12O2/c2*1-11-9(10)8-5-6-2-3-7(8)4-6/h2*2-3,6-8H,4-5H2,1H3. The maximum absolute atomic E-state index is 11.1. The van der Waals surface area contributed by atoms with Crippen molar-refractivity contribution in [2.75, 3.05) is 14.2 Å². The molecule has 0 aromatic heterocycles. The fourth-order valence-corrected chi connectivity index (χ4v) is 4.41. The first-order valence-corrected chi connectivity index (χ1v) is 8.14. The van der Waals surface area contributed by atoms with Crippen LogP contribution in [0.3, 0.4) is 0 Å². The molecular formula is C18H24O4. The van der Waals surface area contributed by atoms with Gasteiger partial charge < -0.3 is 9.47 Å². The van der Waals surface area contributed by atoms with Crippen molar-refractivity contribution in [1.29, 1.82) is 0 Å². The van der Waals surface area contributed by atoms with E-state index in [0.29, 0.717) is 23.7 Å². The summed E-state index contributed by atoms with van der Waals surface area (Å²) in [6.45, 7) is 0. The van der Waals surface area contributed by atoms with Crippen molar-refractivity contribution in [2.45, 2.75) is 25.7 Å². The summed E-state index contributed by atoms with van der Waals surface area (Å²) in [5.74, 6) is 2.54. The summed E-state index contributed by atoms with van der Waals surface area (Å²) in [7, 11) is 2.94. The molecule has 4 heteroatoms. The van der Waals surface area contributed by atoms with Crippen molar-refractivity contribution in [3.8, 4) is 0 Å². The Kier molecular flexibility index (Phi) is 4.37. The van der Waals surface area contributed by atoms with Gasteiger partial charge in [0.15, 0.2) is 0 Å². The molecule has 0 aliphatic heterocycles. The molecule has 4 nitrogen and oxygen atoms in total. The number of carbonyl (C=O) groups excluding carboxylic acids is 2. The third-order valence-corrected chi connectivity index (χ3v) is 5.57. The topological polar surface area (TPSA) is 52.6 Å². The number of hydrogen-bond donors (Lipinski definition) is 0. The maximum Gasteiger partial charge on any atom is 0.309 e. The van der Waals surface area contributed by atoms with Crippen LogP contribution in [0.2, 0.25) is 0 Å². The van der Waals surface area contributed by atoms with Crippen LogP contribution in [0.4, 0.5) is 0 Å². The van der Waals surface area contributed by atoms with E-state index in [1.54, 1.807) is 0 Å². The van der Waals surface area contributed by atoms with Gasteiger partial charge in [0.1, 0.15) is 0 Å². The van der Waals surface area contributed by atoms with Gasteiger partial charge in [0, 0.05) is 0 Å². The van der Waals surface area contributed by atoms with Crippen LogP contribution in [0.15, 0.2) is 24.3 Å². The average Bonchev–Trinajstić information content (AvgIpc) is 3.33. The molecule has 4 rings (SSSR count). The highest BCUT2D eigenvalue weighted by Gasteiger charge is 2.41. The minimum Gasteiger partial charge on any atom is -0.469 e. The molecule has 0 heterocycles. The molecule has 0 aromatic rings. The van der Waals surface area contributed by atoms with Gasteiger partial charge in [0.2, 0.25) is 0 Å². The van der Waals surface area contributed by atoms with E-state index < -0.39 is 0 Å². The molecule has 120 valence electrons. The Morgan fingerprint density at radius 2 is 1.14 bits per heavy atom. The zero-order chi connectivity index (χ0) is 15.7. The smallest absolute Gasteiger partial charge is 0.309 e. The van der Waals surface area contributed by atoms with E-state index in [-0.39, 0.29) is 23.8 Å². The molecule has 4 aliphatic rings. The van der Waals surface area contributed by atoms with Gasteiger partial charge in [-0.1, -0.05) is 24.3 Å². The fourth-order valence-electron chi connectivity index (χ4n) is 4.41. The lowest BCUT2D eigenvalue weighted by Crippen LogP contribution is -2.19. The van der Waals surface area contributed by atoms with E-state index in [1.807, 2.05) is 0 Å². The number of ether oxygens (including phenoxy) is 2. The van der Waals surface area contributed by atoms with Crippen LogP contribution < -0.4 is 0 Å². The Morgan fingerprint density at radius 3 is 1.36 bits per heavy atom. The average molecular weight is 304 g/mol. The summed E-state index contributed by atoms with van der Waals surface area (Å²) in [4.78, 5) is 22.3. The molecule has 0 N–H and O–H groups in total. The van der Waals surface area contributed by atoms with Crippen molar-refractivity contribution in [3.63, 3.8) is 0 Å². The molecule has 6 atom stereocenters. The van der Waals surface area contributed by atoms with Crippen LogP contribution in [0.5, 0.6) is 0 Å². The number of allylic oxidation sites excluding steroid dienone is 4. The van der Waals surface area contributed by atoms with Gasteiger partial charge in [-0.15, -0.1) is 0 Å². The van der Waals surface area contributed by atoms with Gasteiger partial charge in [0.25, 0.3) is 0 Å². The number of esters is 2. The summed E-state index contributed by atoms with van der Waals surface area (Å²) in [6.07, 6.45) is 13.1. The predicted octanol–water partition coefficient (Wildman–Crippen LogP) is 2.74. The number of hydrogen-bond acceptors (Lipinski definition) is 4. The molecule has 22 heavy (non-hydrogen) atoms. The van der Waals surface area contributed by atoms with Gasteiger partial charge in [-0.25, -0.2) is 0 Å². The van der Waals surface area contributed by atoms with Crippen molar-refractivity contribution in [3.05, 3.63) is 24.3 Å². The lowest BCUT2D eigenvalue weighted by Gasteiger charge is -2.14. The monoisotopic (exact) mass is 304 g/mol. The van der Waals surface area contributed by atoms with Crippen LogP contribution in [-0.2, 0) is 19.1 Å². The van der Waals surface area contributed by atoms with Crippen LogP contribution in [0, 0.1) is 35.5 Å². The molecule has 0 saturated heterocycles. The van der Waals surface area contributed by atoms with E-state index >= 15 is 0 Å². The molecule has 4 bridgehead atoms. The summed E-state index contributed by atoms with van der Waals surface area (Å²) in [5.41, 5.74) is 0. The Balaban J connectivity index is 0.000000131. The van der Waals surface area contributed by atoms with E-state index in [0.717, 1.165) is 12.8 Å². The SMILES string of the molecule is COC(=O)C1CC2C=CC1C2.COC(=O)C1CC2C=CC1C2. The molecule has 0 amide bonds. The Morgan fingerprint density at radius 1 is 0.727 bits per heavy atom. The zero-order valence-electron chi connectivity index (χ0n) is 13.2. The van der Waals surface area contributed by atoms with Gasteiger partial charge >= 0.3 is 11.9 Å². The fraction of sp³-hybridized carbons (Fsp3) is 0.667. The second kappa shape index (κ2) is 6.27. The zero-order valence-corrected chi connectivity index (χ0v) is 13.2. The minimum absolute atomic E-state index is 0.0261. The minimum atomic E-state index is -0.0261. The molecule has 2 fully saturated rings. The molecule has 0 aromatic carbocycles. The first-order valence-electron chi connectivity index (χ1n) is 8.14. The van der Waals surface area contributed by atoms with Crippen molar-refractivity contribution in [2.24, 2.45) is 35.5 Å². The summed E-state index contributed by atoms with van der Waals surface area (Å²) in [6, 6.07) is 0. The molecule has 6 unspecified atom stereocenters. The highest BCUT2D eigenvalue weighted by atomic mass is 16.5. The summed E-state index contributed by atoms with van der Waals surface area (Å²) in [5, 5.41) is 0. The van der Waals surface area contributed by atoms with Crippen molar-refractivity contribution < 1.29 is 19.1 Å². The van der Waals surface area contributed by atoms with Crippen LogP contribution >= 0.6 is 0 Å². The van der Waals surface area contributed by atoms with E-state index in [4.69, 9.17) is 9.47 Å². The molecule has 2 saturated carbocycles. The quantitative estimate of drug-likeness (QED) is 0.581. The molecule has 4 aliphatic carbocycles. The predicted molar refractivity (Wildman–Crippen MR) is 81.7 cm³/mol. The molecule has 0 radical (unpaired) electrons. The Bertz CT molecular complexity index is 461. The number of rotatable bonds is 2. The number of fused-ring (bicyclic) bond motifs is 4. The van der Waals surface area contributed by atoms with E-state index in [2.05, 4.69) is 24.3 Å². The van der Waals surface area contributed by atoms with Crippen LogP contribution in [-0.4, -0.2) is 26.2 Å². The number of carbonyl (C=O) groups is 2. The van der Waals surface area contributed by atoms with Gasteiger partial charge in [-0.05, 0) is 49.4 Å². The molecular weight excluding hydrogens is 280 g/mol. The van der Waals surface area contributed by atoms with Crippen molar-refractivity contribution >= 4 is 11.9 Å². The largest absolute Gasteiger partial charge is 0.469 e. The number of methoxy groups -OCH3 is 2. The summed E-state index contributed by atoms with van der Waals surface area (Å²) < 4.78 is 9.43. The lowest BCUT2D eigenvalue weighted by molar-refractivity contribution is -0.147. The highest BCUT2D eigenvalue weighted by molar-refractivity contribution is 5.74. The Hall–Kier alpha value is -1.58. The first kappa shape index (κ1) is 15.3. The third-order valence-electron chi connectivity index (χ3n) is 5.57. The third kappa shape index (κ3) is 2.83. The van der Waals surface area contributed by atoms with Gasteiger partial charge in [0.05, 0.1) is 26.1 Å². The first-order chi connectivity index (χ1) is 10.6. The second-order valence-corrected chi connectivity index (χ2v) is 6.82. The van der Waals surface area contributed by atoms with Crippen LogP contribution in [0.25, 0.3) is 0 Å². The summed E-state index contributed by atoms with van der Waals surface area (Å²) >= 11 is 0. The van der Waals surface area contributed by atoms with Crippen molar-refractivity contribution in [1.82, 2.24) is 0 Å². The Labute approximate surface area is 131 Å². The lowest BCUT2D eigenvalue weighted by atomic mass is 9.94.